The van der Waals surface area contributed by atoms with Crippen molar-refractivity contribution in [2.45, 2.75) is 20.0 Å². The molecular formula is C40H72N12O15. The smallest absolute Gasteiger partial charge is 0.317 e. The molecule has 27 nitrogen and oxygen atoms in total. The normalized spacial score (nSPS) is 18.9. The van der Waals surface area contributed by atoms with Crippen molar-refractivity contribution in [2.24, 2.45) is 0 Å². The Morgan fingerprint density at radius 1 is 0.388 bits per heavy atom. The van der Waals surface area contributed by atoms with E-state index >= 15 is 0 Å². The van der Waals surface area contributed by atoms with Crippen LogP contribution in [0.4, 0.5) is 0 Å². The van der Waals surface area contributed by atoms with Crippen LogP contribution in [0, 0.1) is 0 Å². The fourth-order valence-electron chi connectivity index (χ4n) is 7.79. The standard InChI is InChI=1S/C40H72N12O15/c1-31(53)41-3-5-51(6-4-42-33(55)24-44-7-9-45(25-35(56)57)11-13-47(27-37(60)61)14-12-46(10-8-44)26-36(58)59)34(23-43-32(2)54)52-21-19-49(29-39(64)65)17-15-48(28-38(62)63)16-18-50(20-22-52)30-40(66)67/h34H,3-30H2,1-2H3,(H,41,53)(H,42,55)(H,43,54)(H,56,57)(H,58,59)(H,60,61)(H,62,63)(H,64,65)(H,66,67). The van der Waals surface area contributed by atoms with Crippen molar-refractivity contribution in [3.05, 3.63) is 0 Å². The lowest BCUT2D eigenvalue weighted by atomic mass is 10.2. The summed E-state index contributed by atoms with van der Waals surface area (Å²) in [6.07, 6.45) is -0.624. The first kappa shape index (κ1) is 58.0. The molecule has 2 aliphatic rings. The summed E-state index contributed by atoms with van der Waals surface area (Å²) in [5, 5.41) is 66.2. The third-order valence-electron chi connectivity index (χ3n) is 11.2. The second kappa shape index (κ2) is 31.8. The Morgan fingerprint density at radius 2 is 0.642 bits per heavy atom. The third-order valence-corrected chi connectivity index (χ3v) is 11.2. The van der Waals surface area contributed by atoms with Gasteiger partial charge < -0.3 is 46.6 Å². The van der Waals surface area contributed by atoms with Crippen molar-refractivity contribution in [3.8, 4) is 0 Å². The molecule has 67 heavy (non-hydrogen) atoms. The molecule has 0 aromatic rings. The van der Waals surface area contributed by atoms with E-state index in [1.165, 1.54) is 13.8 Å². The highest BCUT2D eigenvalue weighted by atomic mass is 16.4. The van der Waals surface area contributed by atoms with Gasteiger partial charge in [0.15, 0.2) is 0 Å². The van der Waals surface area contributed by atoms with E-state index in [4.69, 9.17) is 0 Å². The average molecular weight is 961 g/mol. The van der Waals surface area contributed by atoms with Gasteiger partial charge in [-0.2, -0.15) is 0 Å². The van der Waals surface area contributed by atoms with Gasteiger partial charge in [0.2, 0.25) is 17.7 Å². The number of carbonyl (C=O) groups is 9. The quantitative estimate of drug-likeness (QED) is 0.0435. The topological polar surface area (TPSA) is 340 Å². The first-order chi connectivity index (χ1) is 31.7. The molecule has 0 aromatic heterocycles. The summed E-state index contributed by atoms with van der Waals surface area (Å²) in [7, 11) is 0. The van der Waals surface area contributed by atoms with Gasteiger partial charge in [0, 0.05) is 151 Å². The Bertz CT molecular complexity index is 1570. The third kappa shape index (κ3) is 27.3. The van der Waals surface area contributed by atoms with Gasteiger partial charge >= 0.3 is 35.8 Å². The van der Waals surface area contributed by atoms with E-state index in [0.29, 0.717) is 0 Å². The van der Waals surface area contributed by atoms with Crippen molar-refractivity contribution in [1.82, 2.24) is 60.0 Å². The molecular weight excluding hydrogens is 889 g/mol. The number of carboxylic acid groups (broad SMARTS) is 6. The van der Waals surface area contributed by atoms with Crippen LogP contribution in [0.2, 0.25) is 0 Å². The van der Waals surface area contributed by atoms with Gasteiger partial charge in [-0.1, -0.05) is 0 Å². The van der Waals surface area contributed by atoms with E-state index in [0.717, 1.165) is 0 Å². The minimum Gasteiger partial charge on any atom is -0.480 e. The molecule has 27 heteroatoms. The average Bonchev–Trinajstić information content (AvgIpc) is 3.20. The van der Waals surface area contributed by atoms with Gasteiger partial charge in [-0.15, -0.1) is 0 Å². The number of nitrogens with one attached hydrogen (secondary N) is 3. The highest BCUT2D eigenvalue weighted by molar-refractivity contribution is 5.78. The molecule has 0 saturated carbocycles. The number of nitrogens with zero attached hydrogens (tertiary/aromatic N) is 9. The van der Waals surface area contributed by atoms with Crippen molar-refractivity contribution in [2.75, 3.05) is 183 Å². The number of hydrogen-bond acceptors (Lipinski definition) is 18. The molecule has 9 N–H and O–H groups in total. The number of amides is 3. The molecule has 3 amide bonds. The maximum Gasteiger partial charge on any atom is 0.317 e. The zero-order chi connectivity index (χ0) is 49.9. The molecule has 0 aliphatic carbocycles. The van der Waals surface area contributed by atoms with Gasteiger partial charge in [-0.05, 0) is 0 Å². The van der Waals surface area contributed by atoms with E-state index < -0.39 is 47.9 Å². The maximum atomic E-state index is 13.7. The van der Waals surface area contributed by atoms with Crippen LogP contribution in [-0.2, 0) is 43.2 Å². The summed E-state index contributed by atoms with van der Waals surface area (Å²) in [6.45, 7) is 4.69. The summed E-state index contributed by atoms with van der Waals surface area (Å²) < 4.78 is 0. The summed E-state index contributed by atoms with van der Waals surface area (Å²) in [5.74, 6) is -7.55. The molecule has 0 spiro atoms. The van der Waals surface area contributed by atoms with E-state index in [-0.39, 0.29) is 195 Å². The van der Waals surface area contributed by atoms with Crippen molar-refractivity contribution >= 4 is 53.5 Å². The Morgan fingerprint density at radius 3 is 0.910 bits per heavy atom. The Balaban J connectivity index is 2.39. The molecule has 1 unspecified atom stereocenters. The monoisotopic (exact) mass is 961 g/mol. The Labute approximate surface area is 390 Å². The predicted molar refractivity (Wildman–Crippen MR) is 238 cm³/mol. The summed E-state index contributed by atoms with van der Waals surface area (Å²) in [5.41, 5.74) is 0. The largest absolute Gasteiger partial charge is 0.480 e. The lowest BCUT2D eigenvalue weighted by Gasteiger charge is -2.42. The van der Waals surface area contributed by atoms with Crippen LogP contribution in [0.15, 0.2) is 0 Å². The predicted octanol–water partition coefficient (Wildman–Crippen LogP) is -6.05. The van der Waals surface area contributed by atoms with Crippen molar-refractivity contribution in [3.63, 3.8) is 0 Å². The van der Waals surface area contributed by atoms with Gasteiger partial charge in [0.05, 0.1) is 52.0 Å². The van der Waals surface area contributed by atoms with Gasteiger partial charge in [0.25, 0.3) is 0 Å². The molecule has 2 heterocycles. The van der Waals surface area contributed by atoms with Gasteiger partial charge in [-0.25, -0.2) is 0 Å². The fraction of sp³-hybridized carbons (Fsp3) is 0.775. The van der Waals surface area contributed by atoms with Crippen LogP contribution in [0.3, 0.4) is 0 Å². The number of rotatable bonds is 24. The highest BCUT2D eigenvalue weighted by Crippen LogP contribution is 2.10. The number of carboxylic acids is 6. The molecule has 0 radical (unpaired) electrons. The molecule has 2 saturated heterocycles. The second-order valence-electron chi connectivity index (χ2n) is 16.6. The van der Waals surface area contributed by atoms with Crippen LogP contribution in [0.5, 0.6) is 0 Å². The van der Waals surface area contributed by atoms with Crippen molar-refractivity contribution in [1.29, 1.82) is 0 Å². The zero-order valence-electron chi connectivity index (χ0n) is 38.8. The van der Waals surface area contributed by atoms with Crippen LogP contribution in [0.25, 0.3) is 0 Å². The van der Waals surface area contributed by atoms with Gasteiger partial charge in [-0.3, -0.25) is 87.3 Å². The Hall–Kier alpha value is -5.13. The first-order valence-corrected chi connectivity index (χ1v) is 22.3. The first-order valence-electron chi connectivity index (χ1n) is 22.3. The van der Waals surface area contributed by atoms with Crippen molar-refractivity contribution < 1.29 is 73.8 Å². The van der Waals surface area contributed by atoms with Crippen LogP contribution in [0.1, 0.15) is 13.8 Å². The van der Waals surface area contributed by atoms with Crippen LogP contribution >= 0.6 is 0 Å². The van der Waals surface area contributed by atoms with Gasteiger partial charge in [0.1, 0.15) is 0 Å². The number of aliphatic carboxylic acids is 6. The molecule has 2 fully saturated rings. The fourth-order valence-corrected chi connectivity index (χ4v) is 7.79. The van der Waals surface area contributed by atoms with Crippen LogP contribution in [-0.4, -0.2) is 318 Å². The molecule has 2 aliphatic heterocycles. The maximum absolute atomic E-state index is 13.7. The van der Waals surface area contributed by atoms with E-state index in [1.807, 2.05) is 9.80 Å². The summed E-state index contributed by atoms with van der Waals surface area (Å²) >= 11 is 0. The molecule has 2 rings (SSSR count). The minimum absolute atomic E-state index is 0.0507. The van der Waals surface area contributed by atoms with E-state index in [9.17, 15) is 73.8 Å². The Kier molecular flexibility index (Phi) is 27.5. The molecule has 0 bridgehead atoms. The highest BCUT2D eigenvalue weighted by Gasteiger charge is 2.29. The molecule has 1 atom stereocenters. The summed E-state index contributed by atoms with van der Waals surface area (Å²) in [4.78, 5) is 124. The molecule has 382 valence electrons. The lowest BCUT2D eigenvalue weighted by Crippen LogP contribution is -2.59. The zero-order valence-corrected chi connectivity index (χ0v) is 38.8. The van der Waals surface area contributed by atoms with E-state index in [1.54, 1.807) is 34.3 Å². The van der Waals surface area contributed by atoms with E-state index in [2.05, 4.69) is 16.0 Å². The SMILES string of the molecule is CC(=O)NCCN(CCNC(=O)CN1CCN(CC(=O)O)CCN(CC(=O)O)CCN(CC(=O)O)CC1)C(CNC(C)=O)N1CCN(CC(=O)O)CCN(CC(=O)O)CCN(CC(=O)O)CC1. The minimum atomic E-state index is -1.09. The number of hydrogen-bond donors (Lipinski definition) is 9. The summed E-state index contributed by atoms with van der Waals surface area (Å²) in [6, 6.07) is 0. The number of carbonyl (C=O) groups excluding carboxylic acids is 3. The lowest BCUT2D eigenvalue weighted by molar-refractivity contribution is -0.140. The second-order valence-corrected chi connectivity index (χ2v) is 16.6. The molecule has 0 aromatic carbocycles. The van der Waals surface area contributed by atoms with Crippen LogP contribution < -0.4 is 16.0 Å².